The Morgan fingerprint density at radius 3 is 2.84 bits per heavy atom. The van der Waals surface area contributed by atoms with Gasteiger partial charge in [-0.3, -0.25) is 9.48 Å². The van der Waals surface area contributed by atoms with Crippen LogP contribution in [-0.2, 0) is 6.54 Å². The third-order valence-corrected chi connectivity index (χ3v) is 3.31. The zero-order valence-electron chi connectivity index (χ0n) is 10.2. The SMILES string of the molecule is CCn1cc(NC(=O)c2cc(N)cc(Cl)c2Cl)cn1. The van der Waals surface area contributed by atoms with Crippen LogP contribution >= 0.6 is 23.2 Å². The number of benzene rings is 1. The molecule has 0 aliphatic heterocycles. The van der Waals surface area contributed by atoms with Crippen LogP contribution in [-0.4, -0.2) is 15.7 Å². The van der Waals surface area contributed by atoms with Gasteiger partial charge in [-0.25, -0.2) is 0 Å². The topological polar surface area (TPSA) is 72.9 Å². The molecule has 1 aromatic heterocycles. The van der Waals surface area contributed by atoms with Gasteiger partial charge >= 0.3 is 0 Å². The Bertz CT molecular complexity index is 624. The Balaban J connectivity index is 2.25. The fraction of sp³-hybridized carbons (Fsp3) is 0.167. The van der Waals surface area contributed by atoms with Crippen molar-refractivity contribution in [3.63, 3.8) is 0 Å². The third kappa shape index (κ3) is 3.00. The molecular weight excluding hydrogens is 287 g/mol. The van der Waals surface area contributed by atoms with Gasteiger partial charge < -0.3 is 11.1 Å². The lowest BCUT2D eigenvalue weighted by Gasteiger charge is -2.07. The van der Waals surface area contributed by atoms with E-state index in [1.54, 1.807) is 17.1 Å². The monoisotopic (exact) mass is 298 g/mol. The van der Waals surface area contributed by atoms with Gasteiger partial charge in [0.25, 0.3) is 5.91 Å². The molecule has 0 fully saturated rings. The Labute approximate surface area is 120 Å². The molecule has 1 aromatic carbocycles. The zero-order valence-corrected chi connectivity index (χ0v) is 11.7. The average Bonchev–Trinajstić information content (AvgIpc) is 2.81. The Hall–Kier alpha value is -1.72. The summed E-state index contributed by atoms with van der Waals surface area (Å²) in [5.74, 6) is -0.380. The number of anilines is 2. The first-order valence-corrected chi connectivity index (χ1v) is 6.35. The Morgan fingerprint density at radius 1 is 1.47 bits per heavy atom. The van der Waals surface area contributed by atoms with Crippen LogP contribution in [0.1, 0.15) is 17.3 Å². The number of carbonyl (C=O) groups is 1. The number of nitrogens with two attached hydrogens (primary N) is 1. The second-order valence-corrected chi connectivity index (χ2v) is 4.69. The summed E-state index contributed by atoms with van der Waals surface area (Å²) in [7, 11) is 0. The van der Waals surface area contributed by atoms with Crippen molar-refractivity contribution in [2.24, 2.45) is 0 Å². The van der Waals surface area contributed by atoms with Crippen LogP contribution in [0.15, 0.2) is 24.5 Å². The molecule has 2 rings (SSSR count). The first-order valence-electron chi connectivity index (χ1n) is 5.59. The van der Waals surface area contributed by atoms with E-state index in [9.17, 15) is 4.79 Å². The maximum atomic E-state index is 12.1. The molecule has 0 spiro atoms. The lowest BCUT2D eigenvalue weighted by Crippen LogP contribution is -2.12. The summed E-state index contributed by atoms with van der Waals surface area (Å²) in [5.41, 5.74) is 6.84. The number of hydrogen-bond donors (Lipinski definition) is 2. The molecule has 0 unspecified atom stereocenters. The number of halogens is 2. The predicted octanol–water partition coefficient (Wildman–Crippen LogP) is 3.04. The summed E-state index contributed by atoms with van der Waals surface area (Å²) < 4.78 is 1.70. The number of aromatic nitrogens is 2. The highest BCUT2D eigenvalue weighted by molar-refractivity contribution is 6.44. The maximum Gasteiger partial charge on any atom is 0.257 e. The molecule has 0 bridgehead atoms. The van der Waals surface area contributed by atoms with Gasteiger partial charge in [0.1, 0.15) is 0 Å². The number of nitrogens with one attached hydrogen (secondary N) is 1. The molecule has 0 saturated carbocycles. The minimum absolute atomic E-state index is 0.177. The van der Waals surface area contributed by atoms with E-state index in [0.29, 0.717) is 11.4 Å². The average molecular weight is 299 g/mol. The zero-order chi connectivity index (χ0) is 14.0. The van der Waals surface area contributed by atoms with Crippen molar-refractivity contribution in [2.75, 3.05) is 11.1 Å². The van der Waals surface area contributed by atoms with Gasteiger partial charge in [-0.2, -0.15) is 5.10 Å². The van der Waals surface area contributed by atoms with Crippen molar-refractivity contribution in [1.82, 2.24) is 9.78 Å². The van der Waals surface area contributed by atoms with Crippen molar-refractivity contribution in [3.8, 4) is 0 Å². The minimum atomic E-state index is -0.380. The van der Waals surface area contributed by atoms with Gasteiger partial charge in [0.2, 0.25) is 0 Å². The van der Waals surface area contributed by atoms with E-state index < -0.39 is 0 Å². The van der Waals surface area contributed by atoms with E-state index in [1.165, 1.54) is 12.1 Å². The van der Waals surface area contributed by atoms with Gasteiger partial charge in [0, 0.05) is 18.4 Å². The molecule has 0 aliphatic rings. The van der Waals surface area contributed by atoms with Crippen molar-refractivity contribution < 1.29 is 4.79 Å². The fourth-order valence-corrected chi connectivity index (χ4v) is 2.00. The van der Waals surface area contributed by atoms with Crippen molar-refractivity contribution >= 4 is 40.5 Å². The molecule has 1 amide bonds. The van der Waals surface area contributed by atoms with E-state index in [-0.39, 0.29) is 21.5 Å². The lowest BCUT2D eigenvalue weighted by atomic mass is 10.2. The summed E-state index contributed by atoms with van der Waals surface area (Å²) in [5, 5.41) is 7.17. The number of aryl methyl sites for hydroxylation is 1. The number of carbonyl (C=O) groups excluding carboxylic acids is 1. The second-order valence-electron chi connectivity index (χ2n) is 3.90. The molecular formula is C12H12Cl2N4O. The highest BCUT2D eigenvalue weighted by Crippen LogP contribution is 2.29. The highest BCUT2D eigenvalue weighted by Gasteiger charge is 2.15. The lowest BCUT2D eigenvalue weighted by molar-refractivity contribution is 0.102. The fourth-order valence-electron chi connectivity index (χ4n) is 1.57. The molecule has 0 aliphatic carbocycles. The third-order valence-electron chi connectivity index (χ3n) is 2.51. The summed E-state index contributed by atoms with van der Waals surface area (Å²) in [6.45, 7) is 2.67. The molecule has 0 atom stereocenters. The number of nitrogen functional groups attached to an aromatic ring is 1. The van der Waals surface area contributed by atoms with Crippen molar-refractivity contribution in [2.45, 2.75) is 13.5 Å². The number of hydrogen-bond acceptors (Lipinski definition) is 3. The quantitative estimate of drug-likeness (QED) is 0.856. The van der Waals surface area contributed by atoms with Crippen LogP contribution in [0.3, 0.4) is 0 Å². The van der Waals surface area contributed by atoms with Gasteiger partial charge in [-0.1, -0.05) is 23.2 Å². The van der Waals surface area contributed by atoms with Crippen LogP contribution in [0, 0.1) is 0 Å². The maximum absolute atomic E-state index is 12.1. The molecule has 19 heavy (non-hydrogen) atoms. The number of nitrogens with zero attached hydrogens (tertiary/aromatic N) is 2. The summed E-state index contributed by atoms with van der Waals surface area (Å²) in [4.78, 5) is 12.1. The van der Waals surface area contributed by atoms with E-state index in [1.807, 2.05) is 6.92 Å². The first-order chi connectivity index (χ1) is 9.01. The summed E-state index contributed by atoms with van der Waals surface area (Å²) in [6, 6.07) is 2.98. The standard InChI is InChI=1S/C12H12Cl2N4O/c1-2-18-6-8(5-16-18)17-12(19)9-3-7(15)4-10(13)11(9)14/h3-6H,2,15H2,1H3,(H,17,19). The Morgan fingerprint density at radius 2 is 2.21 bits per heavy atom. The summed E-state index contributed by atoms with van der Waals surface area (Å²) in [6.07, 6.45) is 3.28. The van der Waals surface area contributed by atoms with Gasteiger partial charge in [0.15, 0.2) is 0 Å². The van der Waals surface area contributed by atoms with Crippen molar-refractivity contribution in [3.05, 3.63) is 40.1 Å². The van der Waals surface area contributed by atoms with E-state index >= 15 is 0 Å². The minimum Gasteiger partial charge on any atom is -0.399 e. The molecule has 7 heteroatoms. The summed E-state index contributed by atoms with van der Waals surface area (Å²) >= 11 is 11.9. The first kappa shape index (κ1) is 13.7. The molecule has 3 N–H and O–H groups in total. The van der Waals surface area contributed by atoms with Crippen LogP contribution in [0.4, 0.5) is 11.4 Å². The van der Waals surface area contributed by atoms with Crippen LogP contribution in [0.2, 0.25) is 10.0 Å². The molecule has 100 valence electrons. The van der Waals surface area contributed by atoms with E-state index in [2.05, 4.69) is 10.4 Å². The van der Waals surface area contributed by atoms with Crippen LogP contribution < -0.4 is 11.1 Å². The van der Waals surface area contributed by atoms with E-state index in [0.717, 1.165) is 6.54 Å². The normalized spacial score (nSPS) is 10.5. The smallest absolute Gasteiger partial charge is 0.257 e. The highest BCUT2D eigenvalue weighted by atomic mass is 35.5. The Kier molecular flexibility index (Phi) is 3.97. The number of amides is 1. The van der Waals surface area contributed by atoms with Gasteiger partial charge in [0.05, 0.1) is 27.5 Å². The van der Waals surface area contributed by atoms with E-state index in [4.69, 9.17) is 28.9 Å². The van der Waals surface area contributed by atoms with Gasteiger partial charge in [-0.05, 0) is 19.1 Å². The predicted molar refractivity (Wildman–Crippen MR) is 76.7 cm³/mol. The van der Waals surface area contributed by atoms with Crippen LogP contribution in [0.5, 0.6) is 0 Å². The van der Waals surface area contributed by atoms with Crippen LogP contribution in [0.25, 0.3) is 0 Å². The second kappa shape index (κ2) is 5.50. The molecule has 5 nitrogen and oxygen atoms in total. The van der Waals surface area contributed by atoms with Gasteiger partial charge in [-0.15, -0.1) is 0 Å². The molecule has 2 aromatic rings. The van der Waals surface area contributed by atoms with Crippen molar-refractivity contribution in [1.29, 1.82) is 0 Å². The molecule has 0 radical (unpaired) electrons. The molecule has 1 heterocycles. The largest absolute Gasteiger partial charge is 0.399 e. The number of rotatable bonds is 3. The molecule has 0 saturated heterocycles.